The van der Waals surface area contributed by atoms with E-state index >= 15 is 0 Å². The van der Waals surface area contributed by atoms with Gasteiger partial charge in [0.15, 0.2) is 5.82 Å². The third kappa shape index (κ3) is 6.21. The summed E-state index contributed by atoms with van der Waals surface area (Å²) >= 11 is 0. The SMILES string of the molecule is Cc1ccc(CN2CCN(C(=O)n3ccc(NS(C)(=O)=O)n3)CC2)c(-c2ccc(C(F)(F)F)nc2)c1. The number of benzene rings is 1. The number of hydrogen-bond donors (Lipinski definition) is 1. The van der Waals surface area contributed by atoms with Crippen LogP contribution in [0.1, 0.15) is 16.8 Å². The third-order valence-corrected chi connectivity index (χ3v) is 6.32. The topological polar surface area (TPSA) is 100 Å². The van der Waals surface area contributed by atoms with E-state index in [0.29, 0.717) is 38.3 Å². The number of nitrogens with one attached hydrogen (secondary N) is 1. The Bertz CT molecular complexity index is 1350. The molecule has 192 valence electrons. The Labute approximate surface area is 206 Å². The van der Waals surface area contributed by atoms with Gasteiger partial charge in [-0.15, -0.1) is 5.10 Å². The van der Waals surface area contributed by atoms with E-state index in [-0.39, 0.29) is 11.8 Å². The number of aryl methyl sites for hydroxylation is 1. The summed E-state index contributed by atoms with van der Waals surface area (Å²) < 4.78 is 64.7. The van der Waals surface area contributed by atoms with Crippen LogP contribution in [0.4, 0.5) is 23.8 Å². The monoisotopic (exact) mass is 522 g/mol. The quantitative estimate of drug-likeness (QED) is 0.551. The molecule has 1 fully saturated rings. The van der Waals surface area contributed by atoms with Gasteiger partial charge in [-0.25, -0.2) is 13.2 Å². The van der Waals surface area contributed by atoms with Crippen molar-refractivity contribution in [3.63, 3.8) is 0 Å². The normalized spacial score (nSPS) is 15.2. The minimum atomic E-state index is -4.49. The molecule has 1 aromatic carbocycles. The molecular formula is C23H25F3N6O3S. The summed E-state index contributed by atoms with van der Waals surface area (Å²) in [5, 5.41) is 3.98. The summed E-state index contributed by atoms with van der Waals surface area (Å²) in [5.41, 5.74) is 2.42. The summed E-state index contributed by atoms with van der Waals surface area (Å²) in [6.07, 6.45) is -0.846. The number of hydrogen-bond acceptors (Lipinski definition) is 6. The van der Waals surface area contributed by atoms with Gasteiger partial charge in [-0.1, -0.05) is 29.8 Å². The smallest absolute Gasteiger partial charge is 0.320 e. The Balaban J connectivity index is 1.41. The first-order valence-corrected chi connectivity index (χ1v) is 13.0. The van der Waals surface area contributed by atoms with Crippen molar-refractivity contribution in [3.8, 4) is 11.1 Å². The lowest BCUT2D eigenvalue weighted by atomic mass is 9.98. The number of sulfonamides is 1. The molecule has 0 radical (unpaired) electrons. The molecule has 1 aliphatic rings. The van der Waals surface area contributed by atoms with Crippen molar-refractivity contribution < 1.29 is 26.4 Å². The summed E-state index contributed by atoms with van der Waals surface area (Å²) in [4.78, 5) is 20.1. The Kier molecular flexibility index (Phi) is 7.05. The van der Waals surface area contributed by atoms with E-state index in [1.54, 1.807) is 4.90 Å². The molecule has 3 aromatic rings. The largest absolute Gasteiger partial charge is 0.433 e. The average molecular weight is 523 g/mol. The van der Waals surface area contributed by atoms with Crippen LogP contribution in [0.5, 0.6) is 0 Å². The fourth-order valence-corrected chi connectivity index (χ4v) is 4.46. The molecule has 9 nitrogen and oxygen atoms in total. The van der Waals surface area contributed by atoms with Crippen LogP contribution < -0.4 is 4.72 Å². The molecule has 1 saturated heterocycles. The van der Waals surface area contributed by atoms with E-state index in [1.807, 2.05) is 25.1 Å². The predicted octanol–water partition coefficient (Wildman–Crippen LogP) is 3.43. The van der Waals surface area contributed by atoms with E-state index < -0.39 is 21.9 Å². The Morgan fingerprint density at radius 1 is 1.08 bits per heavy atom. The van der Waals surface area contributed by atoms with Crippen LogP contribution in [0.25, 0.3) is 11.1 Å². The molecule has 13 heteroatoms. The predicted molar refractivity (Wildman–Crippen MR) is 128 cm³/mol. The molecule has 1 aliphatic heterocycles. The molecule has 4 rings (SSSR count). The maximum Gasteiger partial charge on any atom is 0.433 e. The third-order valence-electron chi connectivity index (χ3n) is 5.74. The average Bonchev–Trinajstić information content (AvgIpc) is 3.26. The van der Waals surface area contributed by atoms with Gasteiger partial charge in [-0.3, -0.25) is 14.6 Å². The first-order chi connectivity index (χ1) is 16.9. The zero-order valence-corrected chi connectivity index (χ0v) is 20.5. The van der Waals surface area contributed by atoms with Crippen LogP contribution in [0.3, 0.4) is 0 Å². The van der Waals surface area contributed by atoms with Gasteiger partial charge in [0.1, 0.15) is 5.69 Å². The lowest BCUT2D eigenvalue weighted by Gasteiger charge is -2.34. The molecule has 1 N–H and O–H groups in total. The van der Waals surface area contributed by atoms with Crippen molar-refractivity contribution in [2.45, 2.75) is 19.6 Å². The van der Waals surface area contributed by atoms with Crippen LogP contribution in [-0.4, -0.2) is 71.4 Å². The van der Waals surface area contributed by atoms with Gasteiger partial charge in [0.05, 0.1) is 6.26 Å². The number of pyridine rings is 1. The Hall–Kier alpha value is -3.45. The van der Waals surface area contributed by atoms with Crippen molar-refractivity contribution in [1.29, 1.82) is 0 Å². The number of anilines is 1. The number of alkyl halides is 3. The highest BCUT2D eigenvalue weighted by atomic mass is 32.2. The highest BCUT2D eigenvalue weighted by Gasteiger charge is 2.32. The summed E-state index contributed by atoms with van der Waals surface area (Å²) in [6.45, 7) is 4.53. The second-order valence-corrected chi connectivity index (χ2v) is 10.4. The van der Waals surface area contributed by atoms with E-state index in [4.69, 9.17) is 0 Å². The van der Waals surface area contributed by atoms with Gasteiger partial charge < -0.3 is 4.90 Å². The second-order valence-electron chi connectivity index (χ2n) is 8.66. The fourth-order valence-electron chi connectivity index (χ4n) is 3.98. The number of carbonyl (C=O) groups is 1. The molecule has 0 unspecified atom stereocenters. The van der Waals surface area contributed by atoms with Crippen molar-refractivity contribution in [1.82, 2.24) is 24.6 Å². The van der Waals surface area contributed by atoms with Gasteiger partial charge in [0, 0.05) is 56.7 Å². The lowest BCUT2D eigenvalue weighted by Crippen LogP contribution is -2.49. The molecule has 0 aliphatic carbocycles. The molecule has 1 amide bonds. The maximum atomic E-state index is 12.9. The minimum Gasteiger partial charge on any atom is -0.320 e. The number of nitrogens with zero attached hydrogens (tertiary/aromatic N) is 5. The van der Waals surface area contributed by atoms with Crippen LogP contribution in [0, 0.1) is 6.92 Å². The number of carbonyl (C=O) groups excluding carboxylic acids is 1. The van der Waals surface area contributed by atoms with Crippen molar-refractivity contribution in [3.05, 3.63) is 65.6 Å². The Morgan fingerprint density at radius 2 is 1.81 bits per heavy atom. The van der Waals surface area contributed by atoms with Crippen LogP contribution >= 0.6 is 0 Å². The number of amides is 1. The van der Waals surface area contributed by atoms with Gasteiger partial charge in [-0.05, 0) is 24.1 Å². The maximum absolute atomic E-state index is 12.9. The highest BCUT2D eigenvalue weighted by Crippen LogP contribution is 2.31. The number of piperazine rings is 1. The number of halogens is 3. The van der Waals surface area contributed by atoms with Crippen LogP contribution in [-0.2, 0) is 22.7 Å². The van der Waals surface area contributed by atoms with E-state index in [2.05, 4.69) is 19.7 Å². The van der Waals surface area contributed by atoms with Gasteiger partial charge >= 0.3 is 12.2 Å². The number of rotatable bonds is 5. The van der Waals surface area contributed by atoms with Crippen LogP contribution in [0.15, 0.2) is 48.8 Å². The summed E-state index contributed by atoms with van der Waals surface area (Å²) in [7, 11) is -3.50. The summed E-state index contributed by atoms with van der Waals surface area (Å²) in [6, 6.07) is 9.31. The number of aromatic nitrogens is 3. The molecule has 0 atom stereocenters. The lowest BCUT2D eigenvalue weighted by molar-refractivity contribution is -0.141. The molecular weight excluding hydrogens is 497 g/mol. The molecule has 0 spiro atoms. The van der Waals surface area contributed by atoms with E-state index in [0.717, 1.165) is 33.7 Å². The molecule has 0 saturated carbocycles. The van der Waals surface area contributed by atoms with Gasteiger partial charge in [0.2, 0.25) is 10.0 Å². The van der Waals surface area contributed by atoms with E-state index in [1.165, 1.54) is 24.5 Å². The highest BCUT2D eigenvalue weighted by molar-refractivity contribution is 7.92. The van der Waals surface area contributed by atoms with E-state index in [9.17, 15) is 26.4 Å². The second kappa shape index (κ2) is 9.90. The van der Waals surface area contributed by atoms with Crippen molar-refractivity contribution in [2.24, 2.45) is 0 Å². The molecule has 0 bridgehead atoms. The van der Waals surface area contributed by atoms with Crippen LogP contribution in [0.2, 0.25) is 0 Å². The molecule has 3 heterocycles. The standard InChI is InChI=1S/C23H25F3N6O3S/c1-16-3-4-18(19(13-16)17-5-6-20(27-14-17)23(24,25)26)15-30-9-11-31(12-10-30)22(33)32-8-7-21(28-32)29-36(2,34)35/h3-8,13-14H,9-12,15H2,1-2H3,(H,28,29). The van der Waals surface area contributed by atoms with Gasteiger partial charge in [-0.2, -0.15) is 17.9 Å². The first-order valence-electron chi connectivity index (χ1n) is 11.1. The fraction of sp³-hybridized carbons (Fsp3) is 0.348. The first kappa shape index (κ1) is 25.6. The molecule has 2 aromatic heterocycles. The van der Waals surface area contributed by atoms with Gasteiger partial charge in [0.25, 0.3) is 0 Å². The summed E-state index contributed by atoms with van der Waals surface area (Å²) in [5.74, 6) is 0.0640. The zero-order chi connectivity index (χ0) is 26.1. The van der Waals surface area contributed by atoms with Crippen molar-refractivity contribution >= 4 is 21.9 Å². The zero-order valence-electron chi connectivity index (χ0n) is 19.7. The minimum absolute atomic E-state index is 0.0640. The molecule has 36 heavy (non-hydrogen) atoms. The Morgan fingerprint density at radius 3 is 2.42 bits per heavy atom. The van der Waals surface area contributed by atoms with Crippen molar-refractivity contribution in [2.75, 3.05) is 37.2 Å².